The van der Waals surface area contributed by atoms with Crippen molar-refractivity contribution in [2.24, 2.45) is 5.73 Å². The summed E-state index contributed by atoms with van der Waals surface area (Å²) in [6.07, 6.45) is 1.04. The number of rotatable bonds is 5. The number of benzene rings is 1. The van der Waals surface area contributed by atoms with Gasteiger partial charge in [-0.3, -0.25) is 0 Å². The molecule has 0 aliphatic carbocycles. The summed E-state index contributed by atoms with van der Waals surface area (Å²) in [7, 11) is 0. The molecule has 1 atom stereocenters. The van der Waals surface area contributed by atoms with E-state index in [0.717, 1.165) is 10.9 Å². The highest BCUT2D eigenvalue weighted by atomic mass is 79.9. The van der Waals surface area contributed by atoms with Gasteiger partial charge in [-0.25, -0.2) is 0 Å². The van der Waals surface area contributed by atoms with Crippen LogP contribution in [0.5, 0.6) is 0 Å². The van der Waals surface area contributed by atoms with Crippen molar-refractivity contribution < 1.29 is 4.74 Å². The molecule has 1 aromatic rings. The van der Waals surface area contributed by atoms with Crippen molar-refractivity contribution in [1.82, 2.24) is 0 Å². The first-order valence-electron chi connectivity index (χ1n) is 5.57. The summed E-state index contributed by atoms with van der Waals surface area (Å²) in [5.41, 5.74) is 6.77. The highest BCUT2D eigenvalue weighted by Crippen LogP contribution is 2.20. The molecule has 1 aromatic carbocycles. The van der Waals surface area contributed by atoms with E-state index in [1.165, 1.54) is 5.56 Å². The van der Waals surface area contributed by atoms with Crippen LogP contribution >= 0.6 is 15.9 Å². The number of halogens is 1. The molecule has 0 saturated heterocycles. The van der Waals surface area contributed by atoms with Crippen LogP contribution in [0.2, 0.25) is 0 Å². The zero-order chi connectivity index (χ0) is 12.2. The summed E-state index contributed by atoms with van der Waals surface area (Å²) >= 11 is 3.43. The molecule has 0 amide bonds. The Morgan fingerprint density at radius 2 is 1.88 bits per heavy atom. The second kappa shape index (κ2) is 5.80. The van der Waals surface area contributed by atoms with Crippen LogP contribution < -0.4 is 5.73 Å². The summed E-state index contributed by atoms with van der Waals surface area (Å²) in [4.78, 5) is 0. The fraction of sp³-hybridized carbons (Fsp3) is 0.538. The van der Waals surface area contributed by atoms with Crippen molar-refractivity contribution in [3.05, 3.63) is 34.3 Å². The number of hydrogen-bond acceptors (Lipinski definition) is 2. The molecule has 2 N–H and O–H groups in total. The Bertz CT molecular complexity index is 323. The van der Waals surface area contributed by atoms with Crippen LogP contribution in [0.25, 0.3) is 0 Å². The average Bonchev–Trinajstić information content (AvgIpc) is 2.20. The normalized spacial score (nSPS) is 15.1. The van der Waals surface area contributed by atoms with Gasteiger partial charge in [-0.2, -0.15) is 0 Å². The molecule has 0 saturated carbocycles. The smallest absolute Gasteiger partial charge is 0.0819 e. The molecule has 16 heavy (non-hydrogen) atoms. The second-order valence-corrected chi connectivity index (χ2v) is 5.54. The van der Waals surface area contributed by atoms with Gasteiger partial charge in [0, 0.05) is 17.4 Å². The summed E-state index contributed by atoms with van der Waals surface area (Å²) in [5, 5.41) is 0. The lowest BCUT2D eigenvalue weighted by atomic mass is 9.96. The van der Waals surface area contributed by atoms with Gasteiger partial charge in [0.2, 0.25) is 0 Å². The highest BCUT2D eigenvalue weighted by Gasteiger charge is 2.24. The molecular formula is C13H20BrNO. The Morgan fingerprint density at radius 3 is 2.31 bits per heavy atom. The van der Waals surface area contributed by atoms with Crippen molar-refractivity contribution in [3.8, 4) is 0 Å². The monoisotopic (exact) mass is 285 g/mol. The molecule has 0 bridgehead atoms. The largest absolute Gasteiger partial charge is 0.371 e. The first kappa shape index (κ1) is 13.7. The van der Waals surface area contributed by atoms with Crippen LogP contribution in [0.15, 0.2) is 28.7 Å². The summed E-state index contributed by atoms with van der Waals surface area (Å²) in [5.74, 6) is 0. The molecule has 0 aliphatic heterocycles. The van der Waals surface area contributed by atoms with Crippen molar-refractivity contribution >= 4 is 15.9 Å². The van der Waals surface area contributed by atoms with Crippen LogP contribution in [0.1, 0.15) is 26.3 Å². The van der Waals surface area contributed by atoms with Crippen molar-refractivity contribution in [3.63, 3.8) is 0 Å². The standard InChI is InChI=1S/C13H20BrNO/c1-10(2)16-13(3,9-15)8-11-4-6-12(14)7-5-11/h4-7,10H,8-9,15H2,1-3H3. The van der Waals surface area contributed by atoms with E-state index in [1.807, 2.05) is 26.0 Å². The highest BCUT2D eigenvalue weighted by molar-refractivity contribution is 9.10. The quantitative estimate of drug-likeness (QED) is 0.902. The molecule has 2 nitrogen and oxygen atoms in total. The van der Waals surface area contributed by atoms with Gasteiger partial charge in [-0.05, 0) is 38.5 Å². The summed E-state index contributed by atoms with van der Waals surface area (Å²) < 4.78 is 6.98. The molecule has 90 valence electrons. The van der Waals surface area contributed by atoms with Crippen molar-refractivity contribution in [2.45, 2.75) is 38.9 Å². The Kier molecular flexibility index (Phi) is 4.96. The van der Waals surface area contributed by atoms with E-state index in [1.54, 1.807) is 0 Å². The molecule has 0 spiro atoms. The molecule has 0 radical (unpaired) electrons. The van der Waals surface area contributed by atoms with Gasteiger partial charge >= 0.3 is 0 Å². The maximum Gasteiger partial charge on any atom is 0.0819 e. The van der Waals surface area contributed by atoms with E-state index >= 15 is 0 Å². The zero-order valence-corrected chi connectivity index (χ0v) is 11.8. The van der Waals surface area contributed by atoms with Gasteiger partial charge in [0.05, 0.1) is 11.7 Å². The van der Waals surface area contributed by atoms with E-state index in [9.17, 15) is 0 Å². The lowest BCUT2D eigenvalue weighted by Gasteiger charge is -2.30. The Morgan fingerprint density at radius 1 is 1.31 bits per heavy atom. The maximum absolute atomic E-state index is 5.88. The third kappa shape index (κ3) is 4.24. The van der Waals surface area contributed by atoms with Crippen LogP contribution in [0.4, 0.5) is 0 Å². The Labute approximate surface area is 106 Å². The topological polar surface area (TPSA) is 35.2 Å². The molecule has 0 heterocycles. The fourth-order valence-electron chi connectivity index (χ4n) is 1.77. The molecule has 1 unspecified atom stereocenters. The minimum Gasteiger partial charge on any atom is -0.371 e. The predicted molar refractivity (Wildman–Crippen MR) is 71.5 cm³/mol. The molecular weight excluding hydrogens is 266 g/mol. The number of ether oxygens (including phenoxy) is 1. The SMILES string of the molecule is CC(C)OC(C)(CN)Cc1ccc(Br)cc1. The van der Waals surface area contributed by atoms with Gasteiger partial charge in [-0.1, -0.05) is 28.1 Å². The minimum atomic E-state index is -0.276. The van der Waals surface area contributed by atoms with Crippen LogP contribution in [-0.2, 0) is 11.2 Å². The fourth-order valence-corrected chi connectivity index (χ4v) is 2.03. The van der Waals surface area contributed by atoms with Gasteiger partial charge in [0.25, 0.3) is 0 Å². The predicted octanol–water partition coefficient (Wildman–Crippen LogP) is 3.13. The van der Waals surface area contributed by atoms with Gasteiger partial charge in [0.15, 0.2) is 0 Å². The summed E-state index contributed by atoms with van der Waals surface area (Å²) in [6, 6.07) is 8.28. The van der Waals surface area contributed by atoms with E-state index < -0.39 is 0 Å². The third-order valence-corrected chi connectivity index (χ3v) is 2.97. The first-order chi connectivity index (χ1) is 7.45. The minimum absolute atomic E-state index is 0.198. The lowest BCUT2D eigenvalue weighted by Crippen LogP contribution is -2.41. The van der Waals surface area contributed by atoms with Crippen LogP contribution in [-0.4, -0.2) is 18.2 Å². The van der Waals surface area contributed by atoms with Crippen molar-refractivity contribution in [1.29, 1.82) is 0 Å². The summed E-state index contributed by atoms with van der Waals surface area (Å²) in [6.45, 7) is 6.67. The molecule has 0 fully saturated rings. The van der Waals surface area contributed by atoms with E-state index in [2.05, 4.69) is 35.0 Å². The zero-order valence-electron chi connectivity index (χ0n) is 10.2. The van der Waals surface area contributed by atoms with Gasteiger partial charge in [-0.15, -0.1) is 0 Å². The molecule has 1 rings (SSSR count). The molecule has 0 aliphatic rings. The van der Waals surface area contributed by atoms with Crippen molar-refractivity contribution in [2.75, 3.05) is 6.54 Å². The van der Waals surface area contributed by atoms with E-state index in [4.69, 9.17) is 10.5 Å². The first-order valence-corrected chi connectivity index (χ1v) is 6.37. The molecule has 0 aromatic heterocycles. The van der Waals surface area contributed by atoms with Gasteiger partial charge < -0.3 is 10.5 Å². The van der Waals surface area contributed by atoms with Crippen LogP contribution in [0, 0.1) is 0 Å². The van der Waals surface area contributed by atoms with E-state index in [0.29, 0.717) is 6.54 Å². The average molecular weight is 286 g/mol. The number of hydrogen-bond donors (Lipinski definition) is 1. The third-order valence-electron chi connectivity index (χ3n) is 2.44. The maximum atomic E-state index is 5.88. The number of nitrogens with two attached hydrogens (primary N) is 1. The van der Waals surface area contributed by atoms with E-state index in [-0.39, 0.29) is 11.7 Å². The lowest BCUT2D eigenvalue weighted by molar-refractivity contribution is -0.0611. The van der Waals surface area contributed by atoms with Crippen LogP contribution in [0.3, 0.4) is 0 Å². The van der Waals surface area contributed by atoms with Gasteiger partial charge in [0.1, 0.15) is 0 Å². The Balaban J connectivity index is 2.72. The molecule has 3 heteroatoms. The Hall–Kier alpha value is -0.380. The second-order valence-electron chi connectivity index (χ2n) is 4.62.